The molecule has 5 nitrogen and oxygen atoms in total. The van der Waals surface area contributed by atoms with E-state index in [4.69, 9.17) is 5.11 Å². The van der Waals surface area contributed by atoms with Crippen molar-refractivity contribution in [1.82, 2.24) is 4.31 Å². The lowest BCUT2D eigenvalue weighted by molar-refractivity contribution is -0.146. The minimum absolute atomic E-state index is 0.0290. The van der Waals surface area contributed by atoms with Crippen LogP contribution in [0, 0.1) is 17.0 Å². The van der Waals surface area contributed by atoms with Gasteiger partial charge >= 0.3 is 5.97 Å². The SMILES string of the molecule is C[C@@]1(C(=O)O)CCN(S(=O)(=O)Cc2c(F)cccc2F)C1. The Balaban J connectivity index is 2.23. The summed E-state index contributed by atoms with van der Waals surface area (Å²) in [6.07, 6.45) is 0.168. The fraction of sp³-hybridized carbons (Fsp3) is 0.462. The van der Waals surface area contributed by atoms with Crippen molar-refractivity contribution in [2.45, 2.75) is 19.1 Å². The molecule has 1 N–H and O–H groups in total. The van der Waals surface area contributed by atoms with Gasteiger partial charge in [-0.2, -0.15) is 0 Å². The highest BCUT2D eigenvalue weighted by Crippen LogP contribution is 2.33. The fourth-order valence-corrected chi connectivity index (χ4v) is 3.95. The van der Waals surface area contributed by atoms with Gasteiger partial charge in [0.05, 0.1) is 11.2 Å². The molecule has 8 heteroatoms. The number of nitrogens with zero attached hydrogens (tertiary/aromatic N) is 1. The molecule has 2 rings (SSSR count). The van der Waals surface area contributed by atoms with Crippen LogP contribution in [0.5, 0.6) is 0 Å². The van der Waals surface area contributed by atoms with E-state index in [9.17, 15) is 22.0 Å². The van der Waals surface area contributed by atoms with Gasteiger partial charge in [-0.3, -0.25) is 4.79 Å². The van der Waals surface area contributed by atoms with Gasteiger partial charge in [-0.05, 0) is 25.5 Å². The topological polar surface area (TPSA) is 74.7 Å². The molecule has 0 radical (unpaired) electrons. The zero-order valence-corrected chi connectivity index (χ0v) is 12.2. The highest BCUT2D eigenvalue weighted by molar-refractivity contribution is 7.88. The quantitative estimate of drug-likeness (QED) is 0.914. The van der Waals surface area contributed by atoms with Crippen LogP contribution >= 0.6 is 0 Å². The van der Waals surface area contributed by atoms with E-state index in [1.54, 1.807) is 0 Å². The van der Waals surface area contributed by atoms with Crippen LogP contribution in [0.25, 0.3) is 0 Å². The average Bonchev–Trinajstić information content (AvgIpc) is 2.79. The van der Waals surface area contributed by atoms with Gasteiger partial charge in [-0.15, -0.1) is 0 Å². The number of carboxylic acid groups (broad SMARTS) is 1. The largest absolute Gasteiger partial charge is 0.481 e. The summed E-state index contributed by atoms with van der Waals surface area (Å²) in [4.78, 5) is 11.1. The predicted octanol–water partition coefficient (Wildman–Crippen LogP) is 1.59. The first kappa shape index (κ1) is 15.8. The third-order valence-corrected chi connectivity index (χ3v) is 5.49. The molecular weight excluding hydrogens is 304 g/mol. The molecule has 21 heavy (non-hydrogen) atoms. The monoisotopic (exact) mass is 319 g/mol. The zero-order valence-electron chi connectivity index (χ0n) is 11.3. The average molecular weight is 319 g/mol. The van der Waals surface area contributed by atoms with Crippen molar-refractivity contribution in [3.05, 3.63) is 35.4 Å². The van der Waals surface area contributed by atoms with Crippen molar-refractivity contribution >= 4 is 16.0 Å². The molecule has 1 fully saturated rings. The van der Waals surface area contributed by atoms with Gasteiger partial charge in [-0.1, -0.05) is 6.07 Å². The van der Waals surface area contributed by atoms with Crippen LogP contribution in [0.15, 0.2) is 18.2 Å². The molecule has 1 aliphatic heterocycles. The first-order valence-electron chi connectivity index (χ1n) is 6.30. The highest BCUT2D eigenvalue weighted by atomic mass is 32.2. The van der Waals surface area contributed by atoms with Crippen molar-refractivity contribution in [2.24, 2.45) is 5.41 Å². The molecule has 0 unspecified atom stereocenters. The van der Waals surface area contributed by atoms with Crippen LogP contribution in [0.3, 0.4) is 0 Å². The molecule has 116 valence electrons. The summed E-state index contributed by atoms with van der Waals surface area (Å²) >= 11 is 0. The maximum Gasteiger partial charge on any atom is 0.310 e. The summed E-state index contributed by atoms with van der Waals surface area (Å²) in [5.41, 5.74) is -1.69. The van der Waals surface area contributed by atoms with E-state index < -0.39 is 44.4 Å². The minimum Gasteiger partial charge on any atom is -0.481 e. The molecule has 1 atom stereocenters. The Morgan fingerprint density at radius 2 is 1.95 bits per heavy atom. The Kier molecular flexibility index (Phi) is 4.03. The number of rotatable bonds is 4. The fourth-order valence-electron chi connectivity index (χ4n) is 2.27. The lowest BCUT2D eigenvalue weighted by Crippen LogP contribution is -2.35. The third-order valence-electron chi connectivity index (χ3n) is 3.74. The van der Waals surface area contributed by atoms with Crippen LogP contribution in [-0.4, -0.2) is 36.9 Å². The van der Waals surface area contributed by atoms with Crippen molar-refractivity contribution < 1.29 is 27.1 Å². The molecular formula is C13H15F2NO4S. The van der Waals surface area contributed by atoms with E-state index in [2.05, 4.69) is 0 Å². The number of benzene rings is 1. The number of sulfonamides is 1. The van der Waals surface area contributed by atoms with Crippen LogP contribution < -0.4 is 0 Å². The van der Waals surface area contributed by atoms with Crippen molar-refractivity contribution in [2.75, 3.05) is 13.1 Å². The molecule has 1 aromatic rings. The summed E-state index contributed by atoms with van der Waals surface area (Å²) in [6, 6.07) is 3.12. The number of carboxylic acids is 1. The van der Waals surface area contributed by atoms with Gasteiger partial charge in [0.25, 0.3) is 0 Å². The van der Waals surface area contributed by atoms with Crippen LogP contribution in [0.2, 0.25) is 0 Å². The Labute approximate surface area is 121 Å². The second kappa shape index (κ2) is 5.34. The van der Waals surface area contributed by atoms with Crippen LogP contribution in [0.1, 0.15) is 18.9 Å². The Bertz CT molecular complexity index is 656. The number of halogens is 2. The molecule has 1 aliphatic rings. The van der Waals surface area contributed by atoms with Gasteiger partial charge in [0.15, 0.2) is 0 Å². The molecule has 1 saturated heterocycles. The maximum absolute atomic E-state index is 13.5. The third kappa shape index (κ3) is 3.06. The van der Waals surface area contributed by atoms with Gasteiger partial charge < -0.3 is 5.11 Å². The summed E-state index contributed by atoms with van der Waals surface area (Å²) < 4.78 is 52.5. The van der Waals surface area contributed by atoms with Crippen molar-refractivity contribution in [3.63, 3.8) is 0 Å². The summed E-state index contributed by atoms with van der Waals surface area (Å²) in [6.45, 7) is 1.29. The summed E-state index contributed by atoms with van der Waals surface area (Å²) in [5.74, 6) is -3.77. The number of carbonyl (C=O) groups is 1. The second-order valence-electron chi connectivity index (χ2n) is 5.41. The second-order valence-corrected chi connectivity index (χ2v) is 7.37. The molecule has 0 saturated carbocycles. The molecule has 0 aromatic heterocycles. The lowest BCUT2D eigenvalue weighted by atomic mass is 9.90. The van der Waals surface area contributed by atoms with Gasteiger partial charge in [-0.25, -0.2) is 21.5 Å². The molecule has 1 aromatic carbocycles. The van der Waals surface area contributed by atoms with E-state index >= 15 is 0 Å². The smallest absolute Gasteiger partial charge is 0.310 e. The van der Waals surface area contributed by atoms with E-state index in [0.29, 0.717) is 0 Å². The number of hydrogen-bond acceptors (Lipinski definition) is 3. The number of aliphatic carboxylic acids is 1. The summed E-state index contributed by atoms with van der Waals surface area (Å²) in [7, 11) is -3.97. The maximum atomic E-state index is 13.5. The van der Waals surface area contributed by atoms with E-state index in [0.717, 1.165) is 22.5 Å². The van der Waals surface area contributed by atoms with Crippen LogP contribution in [-0.2, 0) is 20.6 Å². The molecule has 0 bridgehead atoms. The predicted molar refractivity (Wildman–Crippen MR) is 70.9 cm³/mol. The van der Waals surface area contributed by atoms with E-state index in [-0.39, 0.29) is 19.5 Å². The normalized spacial score (nSPS) is 23.4. The summed E-state index contributed by atoms with van der Waals surface area (Å²) in [5, 5.41) is 9.09. The molecule has 0 aliphatic carbocycles. The Hall–Kier alpha value is -1.54. The number of hydrogen-bond donors (Lipinski definition) is 1. The lowest BCUT2D eigenvalue weighted by Gasteiger charge is -2.20. The first-order valence-corrected chi connectivity index (χ1v) is 7.91. The molecule has 0 amide bonds. The van der Waals surface area contributed by atoms with Crippen molar-refractivity contribution in [3.8, 4) is 0 Å². The first-order chi connectivity index (χ1) is 9.66. The standard InChI is InChI=1S/C13H15F2NO4S/c1-13(12(17)18)5-6-16(8-13)21(19,20)7-9-10(14)3-2-4-11(9)15/h2-4H,5-8H2,1H3,(H,17,18)/t13-/m1/s1. The minimum atomic E-state index is -3.97. The van der Waals surface area contributed by atoms with Crippen LogP contribution in [0.4, 0.5) is 8.78 Å². The van der Waals surface area contributed by atoms with E-state index in [1.807, 2.05) is 0 Å². The Morgan fingerprint density at radius 3 is 2.43 bits per heavy atom. The van der Waals surface area contributed by atoms with Gasteiger partial charge in [0.1, 0.15) is 11.6 Å². The molecule has 1 heterocycles. The van der Waals surface area contributed by atoms with Gasteiger partial charge in [0, 0.05) is 18.7 Å². The zero-order chi connectivity index (χ0) is 15.8. The highest BCUT2D eigenvalue weighted by Gasteiger charge is 2.44. The van der Waals surface area contributed by atoms with E-state index in [1.165, 1.54) is 6.92 Å². The van der Waals surface area contributed by atoms with Gasteiger partial charge in [0.2, 0.25) is 10.0 Å². The Morgan fingerprint density at radius 1 is 1.38 bits per heavy atom. The molecule has 0 spiro atoms. The van der Waals surface area contributed by atoms with Crippen molar-refractivity contribution in [1.29, 1.82) is 0 Å².